The van der Waals surface area contributed by atoms with Crippen LogP contribution in [0.2, 0.25) is 0 Å². The summed E-state index contributed by atoms with van der Waals surface area (Å²) in [6.45, 7) is 5.22. The van der Waals surface area contributed by atoms with Crippen LogP contribution in [0, 0.1) is 0 Å². The highest BCUT2D eigenvalue weighted by molar-refractivity contribution is 5.73. The molecule has 0 saturated carbocycles. The molecule has 0 unspecified atom stereocenters. The summed E-state index contributed by atoms with van der Waals surface area (Å²) in [4.78, 5) is 11.2. The van der Waals surface area contributed by atoms with E-state index in [1.807, 2.05) is 0 Å². The molecule has 0 radical (unpaired) electrons. The fourth-order valence-electron chi connectivity index (χ4n) is 2.43. The van der Waals surface area contributed by atoms with Crippen molar-refractivity contribution in [3.05, 3.63) is 0 Å². The molecule has 2 N–H and O–H groups in total. The molecule has 7 nitrogen and oxygen atoms in total. The lowest BCUT2D eigenvalue weighted by Gasteiger charge is -2.49. The summed E-state index contributed by atoms with van der Waals surface area (Å²) in [7, 11) is 1.46. The normalized spacial score (nSPS) is 41.4. The Bertz CT molecular complexity index is 347. The summed E-state index contributed by atoms with van der Waals surface area (Å²) >= 11 is 0. The van der Waals surface area contributed by atoms with Gasteiger partial charge < -0.3 is 29.4 Å². The average Bonchev–Trinajstić information content (AvgIpc) is 2.32. The standard InChI is InChI=1S/C12H21NO6/c1-6(14)13-8-9(15)10-7(18-11(8)16-4)5-17-12(2,3)19-10/h7-11,15H,5H2,1-4H3,(H,13,14)/t7-,8+,9+,10+,11-/m1/s1. The highest BCUT2D eigenvalue weighted by atomic mass is 16.8. The van der Waals surface area contributed by atoms with E-state index < -0.39 is 36.4 Å². The molecule has 2 aliphatic rings. The molecule has 0 aromatic carbocycles. The molecule has 2 aliphatic heterocycles. The van der Waals surface area contributed by atoms with Crippen molar-refractivity contribution in [1.29, 1.82) is 0 Å². The maximum absolute atomic E-state index is 11.2. The van der Waals surface area contributed by atoms with E-state index >= 15 is 0 Å². The van der Waals surface area contributed by atoms with Crippen molar-refractivity contribution in [3.8, 4) is 0 Å². The molecule has 0 aromatic heterocycles. The van der Waals surface area contributed by atoms with Crippen LogP contribution in [0.5, 0.6) is 0 Å². The van der Waals surface area contributed by atoms with E-state index in [4.69, 9.17) is 18.9 Å². The van der Waals surface area contributed by atoms with Crippen molar-refractivity contribution in [2.24, 2.45) is 0 Å². The molecule has 1 amide bonds. The van der Waals surface area contributed by atoms with E-state index in [0.29, 0.717) is 6.61 Å². The summed E-state index contributed by atoms with van der Waals surface area (Å²) in [5.74, 6) is -1.05. The molecule has 2 fully saturated rings. The van der Waals surface area contributed by atoms with Crippen LogP contribution in [-0.2, 0) is 23.7 Å². The predicted octanol–water partition coefficient (Wildman–Crippen LogP) is -0.625. The number of nitrogens with one attached hydrogen (secondary N) is 1. The average molecular weight is 275 g/mol. The van der Waals surface area contributed by atoms with Gasteiger partial charge >= 0.3 is 0 Å². The van der Waals surface area contributed by atoms with E-state index in [1.165, 1.54) is 14.0 Å². The third kappa shape index (κ3) is 3.06. The van der Waals surface area contributed by atoms with Crippen molar-refractivity contribution in [2.75, 3.05) is 13.7 Å². The van der Waals surface area contributed by atoms with E-state index in [-0.39, 0.29) is 5.91 Å². The van der Waals surface area contributed by atoms with Crippen molar-refractivity contribution < 1.29 is 28.8 Å². The fourth-order valence-corrected chi connectivity index (χ4v) is 2.43. The largest absolute Gasteiger partial charge is 0.388 e. The van der Waals surface area contributed by atoms with Gasteiger partial charge in [0.2, 0.25) is 5.91 Å². The first kappa shape index (κ1) is 14.7. The Labute approximate surface area is 112 Å². The number of carbonyl (C=O) groups excluding carboxylic acids is 1. The molecule has 2 heterocycles. The van der Waals surface area contributed by atoms with Gasteiger partial charge in [0.15, 0.2) is 12.1 Å². The van der Waals surface area contributed by atoms with E-state index in [0.717, 1.165) is 0 Å². The molecule has 0 bridgehead atoms. The smallest absolute Gasteiger partial charge is 0.217 e. The highest BCUT2D eigenvalue weighted by Crippen LogP contribution is 2.32. The van der Waals surface area contributed by atoms with Gasteiger partial charge in [-0.1, -0.05) is 0 Å². The Morgan fingerprint density at radius 2 is 2.16 bits per heavy atom. The first-order valence-electron chi connectivity index (χ1n) is 6.29. The molecule has 2 saturated heterocycles. The quantitative estimate of drug-likeness (QED) is 0.698. The number of carbonyl (C=O) groups is 1. The minimum absolute atomic E-state index is 0.264. The van der Waals surface area contributed by atoms with E-state index in [2.05, 4.69) is 5.32 Å². The number of hydrogen-bond donors (Lipinski definition) is 2. The lowest BCUT2D eigenvalue weighted by Crippen LogP contribution is -2.68. The summed E-state index contributed by atoms with van der Waals surface area (Å²) in [6, 6.07) is -0.669. The maximum Gasteiger partial charge on any atom is 0.217 e. The van der Waals surface area contributed by atoms with Gasteiger partial charge in [-0.3, -0.25) is 4.79 Å². The van der Waals surface area contributed by atoms with Crippen LogP contribution in [0.3, 0.4) is 0 Å². The predicted molar refractivity (Wildman–Crippen MR) is 64.2 cm³/mol. The molecule has 0 spiro atoms. The number of hydrogen-bond acceptors (Lipinski definition) is 6. The van der Waals surface area contributed by atoms with E-state index in [9.17, 15) is 9.90 Å². The monoisotopic (exact) mass is 275 g/mol. The number of rotatable bonds is 2. The molecule has 110 valence electrons. The molecule has 0 aliphatic carbocycles. The van der Waals surface area contributed by atoms with Gasteiger partial charge in [0, 0.05) is 14.0 Å². The Hall–Kier alpha value is -0.730. The molecule has 19 heavy (non-hydrogen) atoms. The van der Waals surface area contributed by atoms with Gasteiger partial charge in [-0.2, -0.15) is 0 Å². The van der Waals surface area contributed by atoms with Gasteiger partial charge in [-0.15, -0.1) is 0 Å². The molecule has 2 rings (SSSR count). The highest BCUT2D eigenvalue weighted by Gasteiger charge is 2.51. The summed E-state index contributed by atoms with van der Waals surface area (Å²) in [5, 5.41) is 13.0. The van der Waals surface area contributed by atoms with Crippen LogP contribution in [-0.4, -0.2) is 61.2 Å². The van der Waals surface area contributed by atoms with E-state index in [1.54, 1.807) is 13.8 Å². The second-order valence-corrected chi connectivity index (χ2v) is 5.29. The number of aliphatic hydroxyl groups is 1. The lowest BCUT2D eigenvalue weighted by molar-refractivity contribution is -0.366. The number of aliphatic hydroxyl groups excluding tert-OH is 1. The Morgan fingerprint density at radius 3 is 2.74 bits per heavy atom. The molecule has 5 atom stereocenters. The Kier molecular flexibility index (Phi) is 4.12. The summed E-state index contributed by atoms with van der Waals surface area (Å²) in [6.07, 6.45) is -2.63. The fraction of sp³-hybridized carbons (Fsp3) is 0.917. The van der Waals surface area contributed by atoms with Crippen molar-refractivity contribution in [1.82, 2.24) is 5.32 Å². The van der Waals surface area contributed by atoms with Crippen LogP contribution in [0.1, 0.15) is 20.8 Å². The topological polar surface area (TPSA) is 86.2 Å². The summed E-state index contributed by atoms with van der Waals surface area (Å²) < 4.78 is 22.0. The molecular formula is C12H21NO6. The number of fused-ring (bicyclic) bond motifs is 1. The molecule has 0 aromatic rings. The van der Waals surface area contributed by atoms with Gasteiger partial charge in [0.05, 0.1) is 6.61 Å². The maximum atomic E-state index is 11.2. The van der Waals surface area contributed by atoms with Crippen molar-refractivity contribution >= 4 is 5.91 Å². The zero-order valence-electron chi connectivity index (χ0n) is 11.6. The van der Waals surface area contributed by atoms with Crippen molar-refractivity contribution in [3.63, 3.8) is 0 Å². The van der Waals surface area contributed by atoms with Gasteiger partial charge in [-0.05, 0) is 13.8 Å². The number of ether oxygens (including phenoxy) is 4. The summed E-state index contributed by atoms with van der Waals surface area (Å²) in [5.41, 5.74) is 0. The zero-order chi connectivity index (χ0) is 14.2. The third-order valence-electron chi connectivity index (χ3n) is 3.29. The minimum Gasteiger partial charge on any atom is -0.388 e. The lowest BCUT2D eigenvalue weighted by atomic mass is 9.95. The minimum atomic E-state index is -0.921. The van der Waals surface area contributed by atoms with Crippen molar-refractivity contribution in [2.45, 2.75) is 57.2 Å². The molecule has 7 heteroatoms. The third-order valence-corrected chi connectivity index (χ3v) is 3.29. The molecular weight excluding hydrogens is 254 g/mol. The number of methoxy groups -OCH3 is 1. The van der Waals surface area contributed by atoms with Crippen LogP contribution < -0.4 is 5.32 Å². The second kappa shape index (κ2) is 5.34. The Balaban J connectivity index is 2.15. The van der Waals surface area contributed by atoms with Gasteiger partial charge in [0.25, 0.3) is 0 Å². The van der Waals surface area contributed by atoms with Crippen LogP contribution in [0.15, 0.2) is 0 Å². The first-order chi connectivity index (χ1) is 8.84. The Morgan fingerprint density at radius 1 is 1.47 bits per heavy atom. The first-order valence-corrected chi connectivity index (χ1v) is 6.29. The van der Waals surface area contributed by atoms with Gasteiger partial charge in [0.1, 0.15) is 24.4 Å². The second-order valence-electron chi connectivity index (χ2n) is 5.29. The van der Waals surface area contributed by atoms with Crippen LogP contribution in [0.25, 0.3) is 0 Å². The SMILES string of the molecule is CO[C@@H]1O[C@@H]2COC(C)(C)O[C@@H]2[C@@H](O)[C@@H]1NC(C)=O. The zero-order valence-corrected chi connectivity index (χ0v) is 11.6. The number of amides is 1. The van der Waals surface area contributed by atoms with Crippen LogP contribution >= 0.6 is 0 Å². The van der Waals surface area contributed by atoms with Gasteiger partial charge in [-0.25, -0.2) is 0 Å². The van der Waals surface area contributed by atoms with Crippen LogP contribution in [0.4, 0.5) is 0 Å².